The fourth-order valence-corrected chi connectivity index (χ4v) is 6.66. The van der Waals surface area contributed by atoms with Gasteiger partial charge in [0.2, 0.25) is 5.82 Å². The predicted octanol–water partition coefficient (Wildman–Crippen LogP) is 4.40. The lowest BCUT2D eigenvalue weighted by Crippen LogP contribution is -2.24. The number of anilines is 2. The molecule has 2 aliphatic rings. The van der Waals surface area contributed by atoms with Crippen LogP contribution in [0.25, 0.3) is 0 Å². The summed E-state index contributed by atoms with van der Waals surface area (Å²) in [5, 5.41) is 40.2. The minimum Gasteiger partial charge on any atom is -0.367 e. The van der Waals surface area contributed by atoms with Crippen LogP contribution < -0.4 is 10.6 Å². The number of aromatic nitrogens is 2. The van der Waals surface area contributed by atoms with Gasteiger partial charge in [-0.2, -0.15) is 5.26 Å². The van der Waals surface area contributed by atoms with E-state index < -0.39 is 14.2 Å². The Morgan fingerprint density at radius 1 is 1.14 bits per heavy atom. The number of rotatable bonds is 13. The van der Waals surface area contributed by atoms with Crippen LogP contribution in [0.15, 0.2) is 0 Å². The van der Waals surface area contributed by atoms with Crippen molar-refractivity contribution in [3.05, 3.63) is 11.4 Å². The molecule has 0 bridgehead atoms. The van der Waals surface area contributed by atoms with E-state index in [9.17, 15) is 5.26 Å². The summed E-state index contributed by atoms with van der Waals surface area (Å²) in [6.45, 7) is 7.89. The molecule has 2 fully saturated rings. The number of nitrogens with zero attached hydrogens (tertiary/aromatic N) is 3. The van der Waals surface area contributed by atoms with Gasteiger partial charge in [0, 0.05) is 18.0 Å². The van der Waals surface area contributed by atoms with Crippen molar-refractivity contribution in [3.63, 3.8) is 0 Å². The summed E-state index contributed by atoms with van der Waals surface area (Å²) in [5.41, 5.74) is 1.40. The van der Waals surface area contributed by atoms with E-state index in [2.05, 4.69) is 20.6 Å². The molecule has 1 saturated carbocycles. The Kier molecular flexibility index (Phi) is 14.0. The summed E-state index contributed by atoms with van der Waals surface area (Å²) in [6.07, 6.45) is 7.47. The molecule has 1 aromatic heterocycles. The van der Waals surface area contributed by atoms with Crippen molar-refractivity contribution in [3.8, 4) is 6.07 Å². The highest BCUT2D eigenvalue weighted by Crippen LogP contribution is 2.42. The van der Waals surface area contributed by atoms with Gasteiger partial charge in [0.05, 0.1) is 30.4 Å². The quantitative estimate of drug-likeness (QED) is 0.133. The van der Waals surface area contributed by atoms with Crippen molar-refractivity contribution in [1.82, 2.24) is 9.97 Å². The molecule has 37 heavy (non-hydrogen) atoms. The van der Waals surface area contributed by atoms with E-state index in [0.717, 1.165) is 36.9 Å². The lowest BCUT2D eigenvalue weighted by molar-refractivity contribution is -0.127. The average Bonchev–Trinajstić information content (AvgIpc) is 3.50. The summed E-state index contributed by atoms with van der Waals surface area (Å²) >= 11 is 1.79. The molecule has 3 rings (SSSR count). The molecule has 0 radical (unpaired) electrons. The number of nitriles is 1. The standard InChI is InChI=1S/C21H33N6O3PS.C3H8O2/c1-3-28-31(29-4-2)14-32-13-16-9-10-19(30-16)27-21-17(11-22)20(25-18(12-23)26-21)24-15-7-5-6-8-15;1-3(2,4)5/h11,15-16,19,22H,3-10,13-14H2,1-2H3,(H2,24,25,26,27);4-5H,1-2H3. The Bertz CT molecular complexity index is 866. The molecule has 13 heteroatoms. The maximum Gasteiger partial charge on any atom is 0.236 e. The van der Waals surface area contributed by atoms with Crippen molar-refractivity contribution >= 4 is 38.0 Å². The van der Waals surface area contributed by atoms with Gasteiger partial charge in [0.15, 0.2) is 14.2 Å². The SMILES string of the molecule is CC(C)(O)O.CCOP(CSCC1CCC(Nc2nc(C#N)nc(NC3CCCC3)c2C=N)O1)OCC. The van der Waals surface area contributed by atoms with Crippen molar-refractivity contribution in [2.45, 2.75) is 90.4 Å². The fourth-order valence-electron chi connectivity index (χ4n) is 3.89. The van der Waals surface area contributed by atoms with E-state index in [1.807, 2.05) is 19.9 Å². The monoisotopic (exact) mass is 556 g/mol. The van der Waals surface area contributed by atoms with Gasteiger partial charge in [0.1, 0.15) is 23.9 Å². The zero-order chi connectivity index (χ0) is 27.3. The molecule has 1 aliphatic heterocycles. The molecule has 11 nitrogen and oxygen atoms in total. The molecule has 2 unspecified atom stereocenters. The zero-order valence-electron chi connectivity index (χ0n) is 22.2. The largest absolute Gasteiger partial charge is 0.367 e. The zero-order valence-corrected chi connectivity index (χ0v) is 23.9. The summed E-state index contributed by atoms with van der Waals surface area (Å²) in [5.74, 6) is 0.479. The Balaban J connectivity index is 0.000000877. The molecule has 1 aromatic rings. The molecular weight excluding hydrogens is 515 g/mol. The van der Waals surface area contributed by atoms with Crippen LogP contribution in [-0.4, -0.2) is 75.0 Å². The first-order chi connectivity index (χ1) is 17.7. The highest BCUT2D eigenvalue weighted by molar-refractivity contribution is 8.04. The van der Waals surface area contributed by atoms with Crippen molar-refractivity contribution in [1.29, 1.82) is 10.7 Å². The first-order valence-corrected chi connectivity index (χ1v) is 15.3. The van der Waals surface area contributed by atoms with Crippen LogP contribution in [0.5, 0.6) is 0 Å². The number of ether oxygens (including phenoxy) is 1. The lowest BCUT2D eigenvalue weighted by atomic mass is 10.2. The normalized spacial score (nSPS) is 19.8. The topological polar surface area (TPSA) is 166 Å². The minimum atomic E-state index is -1.50. The van der Waals surface area contributed by atoms with Crippen molar-refractivity contribution in [2.75, 3.05) is 35.1 Å². The van der Waals surface area contributed by atoms with Crippen LogP contribution >= 0.6 is 20.1 Å². The number of thioether (sulfide) groups is 1. The van der Waals surface area contributed by atoms with E-state index in [1.54, 1.807) is 11.8 Å². The molecule has 0 spiro atoms. The van der Waals surface area contributed by atoms with Gasteiger partial charge in [-0.25, -0.2) is 9.97 Å². The molecule has 0 aromatic carbocycles. The molecule has 208 valence electrons. The second kappa shape index (κ2) is 16.4. The van der Waals surface area contributed by atoms with Gasteiger partial charge in [0.25, 0.3) is 0 Å². The number of aliphatic hydroxyl groups is 2. The van der Waals surface area contributed by atoms with Crippen LogP contribution in [0.2, 0.25) is 0 Å². The van der Waals surface area contributed by atoms with E-state index in [0.29, 0.717) is 36.5 Å². The smallest absolute Gasteiger partial charge is 0.236 e. The van der Waals surface area contributed by atoms with Gasteiger partial charge < -0.3 is 40.0 Å². The molecule has 1 aliphatic carbocycles. The van der Waals surface area contributed by atoms with E-state index >= 15 is 0 Å². The number of hydrogen-bond donors (Lipinski definition) is 5. The predicted molar refractivity (Wildman–Crippen MR) is 148 cm³/mol. The van der Waals surface area contributed by atoms with Gasteiger partial charge >= 0.3 is 0 Å². The molecule has 1 saturated heterocycles. The lowest BCUT2D eigenvalue weighted by Gasteiger charge is -2.20. The van der Waals surface area contributed by atoms with Gasteiger partial charge in [-0.1, -0.05) is 12.8 Å². The van der Waals surface area contributed by atoms with Crippen LogP contribution in [-0.2, 0) is 13.8 Å². The van der Waals surface area contributed by atoms with E-state index in [4.69, 9.17) is 29.4 Å². The summed E-state index contributed by atoms with van der Waals surface area (Å²) in [6, 6.07) is 2.36. The Morgan fingerprint density at radius 3 is 2.27 bits per heavy atom. The van der Waals surface area contributed by atoms with Crippen molar-refractivity contribution < 1.29 is 24.0 Å². The Labute approximate surface area is 225 Å². The number of hydrogen-bond acceptors (Lipinski definition) is 12. The molecular formula is C24H41N6O5PS. The molecule has 2 atom stereocenters. The van der Waals surface area contributed by atoms with Gasteiger partial charge in [-0.05, 0) is 53.4 Å². The molecule has 0 amide bonds. The van der Waals surface area contributed by atoms with Crippen LogP contribution in [0.1, 0.15) is 77.6 Å². The third kappa shape index (κ3) is 12.2. The van der Waals surface area contributed by atoms with Crippen LogP contribution in [0.3, 0.4) is 0 Å². The first-order valence-electron chi connectivity index (χ1n) is 12.7. The first kappa shape index (κ1) is 31.6. The summed E-state index contributed by atoms with van der Waals surface area (Å²) in [4.78, 5) is 8.64. The minimum absolute atomic E-state index is 0.0869. The summed E-state index contributed by atoms with van der Waals surface area (Å²) in [7, 11) is -0.842. The van der Waals surface area contributed by atoms with E-state index in [1.165, 1.54) is 32.9 Å². The average molecular weight is 557 g/mol. The highest BCUT2D eigenvalue weighted by atomic mass is 32.2. The second-order valence-electron chi connectivity index (χ2n) is 9.17. The Hall–Kier alpha value is -1.58. The second-order valence-corrected chi connectivity index (χ2v) is 12.1. The molecule has 5 N–H and O–H groups in total. The van der Waals surface area contributed by atoms with Crippen LogP contribution in [0, 0.1) is 16.7 Å². The fraction of sp³-hybridized carbons (Fsp3) is 0.750. The number of nitrogens with one attached hydrogen (secondary N) is 3. The van der Waals surface area contributed by atoms with Gasteiger partial charge in [-0.15, -0.1) is 11.8 Å². The van der Waals surface area contributed by atoms with Crippen molar-refractivity contribution in [2.24, 2.45) is 0 Å². The maximum atomic E-state index is 9.39. The highest BCUT2D eigenvalue weighted by Gasteiger charge is 2.28. The third-order valence-corrected chi connectivity index (χ3v) is 8.61. The van der Waals surface area contributed by atoms with E-state index in [-0.39, 0.29) is 18.2 Å². The van der Waals surface area contributed by atoms with Crippen LogP contribution in [0.4, 0.5) is 11.6 Å². The maximum absolute atomic E-state index is 9.39. The Morgan fingerprint density at radius 2 is 1.73 bits per heavy atom. The summed E-state index contributed by atoms with van der Waals surface area (Å²) < 4.78 is 17.5. The van der Waals surface area contributed by atoms with Gasteiger partial charge in [-0.3, -0.25) is 0 Å². The molecule has 2 heterocycles. The third-order valence-electron chi connectivity index (χ3n) is 5.34.